The molecule has 0 amide bonds. The van der Waals surface area contributed by atoms with Crippen LogP contribution in [0.5, 0.6) is 0 Å². The molecule has 15 heavy (non-hydrogen) atoms. The van der Waals surface area contributed by atoms with Crippen LogP contribution in [0, 0.1) is 6.92 Å². The van der Waals surface area contributed by atoms with Gasteiger partial charge in [0.25, 0.3) is 0 Å². The van der Waals surface area contributed by atoms with E-state index in [4.69, 9.17) is 0 Å². The Bertz CT molecular complexity index is 362. The third-order valence-electron chi connectivity index (χ3n) is 3.06. The molecule has 1 aliphatic carbocycles. The Balaban J connectivity index is 2.44. The molecule has 0 unspecified atom stereocenters. The van der Waals surface area contributed by atoms with Crippen molar-refractivity contribution in [3.8, 4) is 0 Å². The lowest BCUT2D eigenvalue weighted by molar-refractivity contribution is -0.138. The van der Waals surface area contributed by atoms with Gasteiger partial charge >= 0.3 is 6.18 Å². The molecule has 0 aliphatic heterocycles. The van der Waals surface area contributed by atoms with Crippen LogP contribution in [0.1, 0.15) is 41.9 Å². The average molecular weight is 214 g/mol. The highest BCUT2D eigenvalue weighted by molar-refractivity contribution is 5.37. The maximum atomic E-state index is 12.7. The summed E-state index contributed by atoms with van der Waals surface area (Å²) in [5.41, 5.74) is 0.955. The Morgan fingerprint density at radius 2 is 1.87 bits per heavy atom. The maximum Gasteiger partial charge on any atom is 0.416 e. The summed E-state index contributed by atoms with van der Waals surface area (Å²) in [5.74, 6) is 0.126. The second-order valence-electron chi connectivity index (χ2n) is 4.22. The molecule has 0 bridgehead atoms. The van der Waals surface area contributed by atoms with Crippen molar-refractivity contribution in [1.82, 2.24) is 0 Å². The predicted molar refractivity (Wildman–Crippen MR) is 52.8 cm³/mol. The maximum absolute atomic E-state index is 12.7. The normalized spacial score (nSPS) is 17.6. The Labute approximate surface area is 87.1 Å². The Hall–Kier alpha value is -0.990. The molecule has 1 aliphatic rings. The Morgan fingerprint density at radius 1 is 1.20 bits per heavy atom. The number of alkyl halides is 3. The molecule has 0 nitrogen and oxygen atoms in total. The number of aryl methyl sites for hydroxylation is 1. The molecule has 0 atom stereocenters. The fourth-order valence-corrected chi connectivity index (χ4v) is 2.00. The fraction of sp³-hybridized carbons (Fsp3) is 0.500. The number of benzene rings is 1. The zero-order chi connectivity index (χ0) is 11.1. The summed E-state index contributed by atoms with van der Waals surface area (Å²) < 4.78 is 38.1. The van der Waals surface area contributed by atoms with Crippen molar-refractivity contribution < 1.29 is 13.2 Å². The molecule has 1 saturated carbocycles. The Morgan fingerprint density at radius 3 is 2.33 bits per heavy atom. The molecule has 0 heterocycles. The predicted octanol–water partition coefficient (Wildman–Crippen LogP) is 4.28. The van der Waals surface area contributed by atoms with Crippen LogP contribution >= 0.6 is 0 Å². The molecule has 0 aromatic heterocycles. The molecule has 1 aromatic rings. The van der Waals surface area contributed by atoms with Crippen molar-refractivity contribution in [1.29, 1.82) is 0 Å². The summed E-state index contributed by atoms with van der Waals surface area (Å²) in [5, 5.41) is 0. The molecule has 1 aromatic carbocycles. The van der Waals surface area contributed by atoms with Gasteiger partial charge in [0.05, 0.1) is 5.56 Å². The van der Waals surface area contributed by atoms with Crippen molar-refractivity contribution >= 4 is 0 Å². The largest absolute Gasteiger partial charge is 0.416 e. The monoisotopic (exact) mass is 214 g/mol. The minimum Gasteiger partial charge on any atom is -0.166 e. The van der Waals surface area contributed by atoms with Crippen molar-refractivity contribution in [3.63, 3.8) is 0 Å². The number of hydrogen-bond donors (Lipinski definition) is 0. The van der Waals surface area contributed by atoms with Gasteiger partial charge in [0.15, 0.2) is 0 Å². The summed E-state index contributed by atoms with van der Waals surface area (Å²) in [6, 6.07) is 4.43. The van der Waals surface area contributed by atoms with E-state index < -0.39 is 11.7 Å². The van der Waals surface area contributed by atoms with E-state index in [-0.39, 0.29) is 5.92 Å². The number of hydrogen-bond acceptors (Lipinski definition) is 0. The summed E-state index contributed by atoms with van der Waals surface area (Å²) in [7, 11) is 0. The molecule has 0 radical (unpaired) electrons. The first-order chi connectivity index (χ1) is 6.98. The second-order valence-corrected chi connectivity index (χ2v) is 4.22. The van der Waals surface area contributed by atoms with Crippen molar-refractivity contribution in [2.45, 2.75) is 38.3 Å². The second kappa shape index (κ2) is 3.54. The number of rotatable bonds is 1. The lowest BCUT2D eigenvalue weighted by Gasteiger charge is -2.28. The zero-order valence-electron chi connectivity index (χ0n) is 8.56. The first-order valence-electron chi connectivity index (χ1n) is 5.16. The van der Waals surface area contributed by atoms with E-state index in [9.17, 15) is 13.2 Å². The molecular weight excluding hydrogens is 201 g/mol. The zero-order valence-corrected chi connectivity index (χ0v) is 8.56. The van der Waals surface area contributed by atoms with Crippen molar-refractivity contribution in [2.24, 2.45) is 0 Å². The van der Waals surface area contributed by atoms with Gasteiger partial charge in [-0.2, -0.15) is 13.2 Å². The first kappa shape index (κ1) is 10.5. The van der Waals surface area contributed by atoms with E-state index in [0.717, 1.165) is 24.8 Å². The Kier molecular flexibility index (Phi) is 2.49. The van der Waals surface area contributed by atoms with Gasteiger partial charge < -0.3 is 0 Å². The molecule has 3 heteroatoms. The summed E-state index contributed by atoms with van der Waals surface area (Å²) in [4.78, 5) is 0. The van der Waals surface area contributed by atoms with Gasteiger partial charge in [-0.05, 0) is 37.3 Å². The summed E-state index contributed by atoms with van der Waals surface area (Å²) in [6.07, 6.45) is -1.37. The highest BCUT2D eigenvalue weighted by atomic mass is 19.4. The third-order valence-corrected chi connectivity index (χ3v) is 3.06. The number of halogens is 3. The van der Waals surface area contributed by atoms with Gasteiger partial charge in [0.2, 0.25) is 0 Å². The highest BCUT2D eigenvalue weighted by Gasteiger charge is 2.36. The SMILES string of the molecule is Cc1ccc(C(F)(F)F)c(C2CCC2)c1. The van der Waals surface area contributed by atoms with Crippen LogP contribution in [-0.2, 0) is 6.18 Å². The standard InChI is InChI=1S/C12H13F3/c1-8-5-6-11(12(13,14)15)10(7-8)9-3-2-4-9/h5-7,9H,2-4H2,1H3. The first-order valence-corrected chi connectivity index (χ1v) is 5.16. The van der Waals surface area contributed by atoms with Crippen LogP contribution in [0.15, 0.2) is 18.2 Å². The molecule has 2 rings (SSSR count). The van der Waals surface area contributed by atoms with Crippen LogP contribution in [0.2, 0.25) is 0 Å². The van der Waals surface area contributed by atoms with Gasteiger partial charge in [-0.1, -0.05) is 24.1 Å². The van der Waals surface area contributed by atoms with E-state index in [2.05, 4.69) is 0 Å². The molecule has 82 valence electrons. The van der Waals surface area contributed by atoms with Gasteiger partial charge in [-0.3, -0.25) is 0 Å². The van der Waals surface area contributed by atoms with Gasteiger partial charge in [-0.25, -0.2) is 0 Å². The van der Waals surface area contributed by atoms with E-state index in [1.165, 1.54) is 12.1 Å². The third kappa shape index (κ3) is 2.01. The fourth-order valence-electron chi connectivity index (χ4n) is 2.00. The minimum absolute atomic E-state index is 0.126. The molecular formula is C12H13F3. The topological polar surface area (TPSA) is 0 Å². The summed E-state index contributed by atoms with van der Waals surface area (Å²) >= 11 is 0. The molecule has 0 spiro atoms. The van der Waals surface area contributed by atoms with Crippen LogP contribution in [-0.4, -0.2) is 0 Å². The van der Waals surface area contributed by atoms with Crippen molar-refractivity contribution in [2.75, 3.05) is 0 Å². The minimum atomic E-state index is -4.21. The smallest absolute Gasteiger partial charge is 0.166 e. The lowest BCUT2D eigenvalue weighted by atomic mass is 9.77. The quantitative estimate of drug-likeness (QED) is 0.654. The van der Waals surface area contributed by atoms with Crippen LogP contribution in [0.3, 0.4) is 0 Å². The van der Waals surface area contributed by atoms with Crippen molar-refractivity contribution in [3.05, 3.63) is 34.9 Å². The lowest BCUT2D eigenvalue weighted by Crippen LogP contribution is -2.16. The van der Waals surface area contributed by atoms with E-state index >= 15 is 0 Å². The average Bonchev–Trinajstić information content (AvgIpc) is 1.98. The molecule has 0 saturated heterocycles. The van der Waals surface area contributed by atoms with Gasteiger partial charge in [0, 0.05) is 0 Å². The van der Waals surface area contributed by atoms with E-state index in [1.54, 1.807) is 6.07 Å². The van der Waals surface area contributed by atoms with Gasteiger partial charge in [0.1, 0.15) is 0 Å². The molecule has 0 N–H and O–H groups in total. The van der Waals surface area contributed by atoms with Crippen LogP contribution in [0.4, 0.5) is 13.2 Å². The highest BCUT2D eigenvalue weighted by Crippen LogP contribution is 2.43. The summed E-state index contributed by atoms with van der Waals surface area (Å²) in [6.45, 7) is 1.84. The van der Waals surface area contributed by atoms with Crippen LogP contribution in [0.25, 0.3) is 0 Å². The van der Waals surface area contributed by atoms with E-state index in [1.807, 2.05) is 6.92 Å². The van der Waals surface area contributed by atoms with E-state index in [0.29, 0.717) is 5.56 Å². The van der Waals surface area contributed by atoms with Crippen LogP contribution < -0.4 is 0 Å². The molecule has 1 fully saturated rings. The van der Waals surface area contributed by atoms with Gasteiger partial charge in [-0.15, -0.1) is 0 Å².